The van der Waals surface area contributed by atoms with E-state index in [1.807, 2.05) is 17.0 Å². The molecule has 0 unspecified atom stereocenters. The lowest BCUT2D eigenvalue weighted by Gasteiger charge is -2.23. The third kappa shape index (κ3) is 5.26. The van der Waals surface area contributed by atoms with E-state index in [1.54, 1.807) is 12.1 Å². The lowest BCUT2D eigenvalue weighted by atomic mass is 10.2. The van der Waals surface area contributed by atoms with E-state index >= 15 is 0 Å². The molecule has 0 bridgehead atoms. The van der Waals surface area contributed by atoms with Gasteiger partial charge < -0.3 is 15.7 Å². The van der Waals surface area contributed by atoms with E-state index in [4.69, 9.17) is 22.4 Å². The van der Waals surface area contributed by atoms with Gasteiger partial charge in [0.1, 0.15) is 11.9 Å². The van der Waals surface area contributed by atoms with Crippen molar-refractivity contribution >= 4 is 29.1 Å². The number of benzene rings is 1. The SMILES string of the molecule is Nc1ccc(C(F)(F)F)cn1.O=C(O)[C@@H]1CCCN1c1ccc(Cl)cc1. The zero-order valence-electron chi connectivity index (χ0n) is 13.6. The maximum absolute atomic E-state index is 11.8. The first-order valence-corrected chi connectivity index (χ1v) is 8.10. The summed E-state index contributed by atoms with van der Waals surface area (Å²) >= 11 is 5.78. The molecule has 1 saturated heterocycles. The number of hydrogen-bond acceptors (Lipinski definition) is 4. The fourth-order valence-corrected chi connectivity index (χ4v) is 2.66. The Bertz CT molecular complexity index is 736. The number of pyridine rings is 1. The predicted molar refractivity (Wildman–Crippen MR) is 93.1 cm³/mol. The number of anilines is 2. The molecule has 0 radical (unpaired) electrons. The number of nitrogen functional groups attached to an aromatic ring is 1. The molecule has 0 saturated carbocycles. The van der Waals surface area contributed by atoms with Crippen molar-refractivity contribution in [3.05, 3.63) is 53.2 Å². The van der Waals surface area contributed by atoms with Gasteiger partial charge in [0.2, 0.25) is 0 Å². The minimum absolute atomic E-state index is 0.0815. The van der Waals surface area contributed by atoms with Gasteiger partial charge in [-0.05, 0) is 49.2 Å². The minimum Gasteiger partial charge on any atom is -0.480 e. The molecule has 0 amide bonds. The smallest absolute Gasteiger partial charge is 0.417 e. The van der Waals surface area contributed by atoms with Gasteiger partial charge in [0, 0.05) is 23.5 Å². The molecule has 9 heteroatoms. The summed E-state index contributed by atoms with van der Waals surface area (Å²) in [5.74, 6) is -0.666. The first-order valence-electron chi connectivity index (χ1n) is 7.72. The second-order valence-corrected chi connectivity index (χ2v) is 6.07. The van der Waals surface area contributed by atoms with Gasteiger partial charge >= 0.3 is 12.1 Å². The van der Waals surface area contributed by atoms with Crippen molar-refractivity contribution in [3.8, 4) is 0 Å². The molecule has 2 aromatic rings. The number of aromatic nitrogens is 1. The second-order valence-electron chi connectivity index (χ2n) is 5.64. The molecule has 5 nitrogen and oxygen atoms in total. The van der Waals surface area contributed by atoms with Crippen molar-refractivity contribution in [2.24, 2.45) is 0 Å². The monoisotopic (exact) mass is 387 g/mol. The molecule has 1 atom stereocenters. The van der Waals surface area contributed by atoms with Crippen molar-refractivity contribution in [1.82, 2.24) is 4.98 Å². The fourth-order valence-electron chi connectivity index (χ4n) is 2.54. The van der Waals surface area contributed by atoms with Crippen molar-refractivity contribution in [2.75, 3.05) is 17.2 Å². The molecular weight excluding hydrogens is 371 g/mol. The number of rotatable bonds is 2. The number of nitrogens with two attached hydrogens (primary N) is 1. The molecule has 3 N–H and O–H groups in total. The third-order valence-electron chi connectivity index (χ3n) is 3.81. The van der Waals surface area contributed by atoms with E-state index < -0.39 is 17.7 Å². The van der Waals surface area contributed by atoms with Crippen LogP contribution in [0.5, 0.6) is 0 Å². The molecule has 140 valence electrons. The highest BCUT2D eigenvalue weighted by Crippen LogP contribution is 2.28. The summed E-state index contributed by atoms with van der Waals surface area (Å²) in [6.45, 7) is 0.804. The van der Waals surface area contributed by atoms with E-state index in [2.05, 4.69) is 4.98 Å². The highest BCUT2D eigenvalue weighted by molar-refractivity contribution is 6.30. The van der Waals surface area contributed by atoms with Crippen LogP contribution in [-0.2, 0) is 11.0 Å². The van der Waals surface area contributed by atoms with Crippen LogP contribution in [0.3, 0.4) is 0 Å². The van der Waals surface area contributed by atoms with Gasteiger partial charge in [0.15, 0.2) is 0 Å². The van der Waals surface area contributed by atoms with E-state index in [0.717, 1.165) is 37.2 Å². The molecule has 1 aromatic heterocycles. The molecule has 1 aromatic carbocycles. The first-order chi connectivity index (χ1) is 12.2. The van der Waals surface area contributed by atoms with Gasteiger partial charge in [0.25, 0.3) is 0 Å². The summed E-state index contributed by atoms with van der Waals surface area (Å²) in [4.78, 5) is 16.2. The molecule has 3 rings (SSSR count). The zero-order chi connectivity index (χ0) is 19.3. The van der Waals surface area contributed by atoms with Crippen molar-refractivity contribution in [3.63, 3.8) is 0 Å². The summed E-state index contributed by atoms with van der Waals surface area (Å²) in [6, 6.07) is 8.92. The number of alkyl halides is 3. The van der Waals surface area contributed by atoms with Gasteiger partial charge in [-0.1, -0.05) is 11.6 Å². The Morgan fingerprint density at radius 3 is 2.38 bits per heavy atom. The van der Waals surface area contributed by atoms with Crippen molar-refractivity contribution in [2.45, 2.75) is 25.1 Å². The number of carboxylic acid groups (broad SMARTS) is 1. The van der Waals surface area contributed by atoms with Crippen molar-refractivity contribution in [1.29, 1.82) is 0 Å². The van der Waals surface area contributed by atoms with E-state index in [0.29, 0.717) is 11.2 Å². The molecule has 0 aliphatic carbocycles. The Hall–Kier alpha value is -2.48. The quantitative estimate of drug-likeness (QED) is 0.811. The average Bonchev–Trinajstić information content (AvgIpc) is 3.05. The minimum atomic E-state index is -4.33. The van der Waals surface area contributed by atoms with Crippen LogP contribution in [0.1, 0.15) is 18.4 Å². The number of nitrogens with zero attached hydrogens (tertiary/aromatic N) is 2. The summed E-state index contributed by atoms with van der Waals surface area (Å²) in [7, 11) is 0. The molecule has 2 heterocycles. The number of carboxylic acids is 1. The largest absolute Gasteiger partial charge is 0.480 e. The number of halogens is 4. The summed E-state index contributed by atoms with van der Waals surface area (Å²) in [6.07, 6.45) is -1.98. The highest BCUT2D eigenvalue weighted by Gasteiger charge is 2.31. The Kier molecular flexibility index (Phi) is 6.31. The van der Waals surface area contributed by atoms with E-state index in [9.17, 15) is 18.0 Å². The molecular formula is C17H17ClF3N3O2. The van der Waals surface area contributed by atoms with E-state index in [1.165, 1.54) is 0 Å². The molecule has 1 aliphatic heterocycles. The number of carbonyl (C=O) groups is 1. The van der Waals surface area contributed by atoms with Crippen LogP contribution in [0.2, 0.25) is 5.02 Å². The normalized spacial score (nSPS) is 16.8. The summed E-state index contributed by atoms with van der Waals surface area (Å²) in [5, 5.41) is 9.70. The average molecular weight is 388 g/mol. The Morgan fingerprint density at radius 2 is 1.88 bits per heavy atom. The number of aliphatic carboxylic acids is 1. The Balaban J connectivity index is 0.000000197. The number of hydrogen-bond donors (Lipinski definition) is 2. The maximum Gasteiger partial charge on any atom is 0.417 e. The third-order valence-corrected chi connectivity index (χ3v) is 4.06. The van der Waals surface area contributed by atoms with Gasteiger partial charge in [-0.2, -0.15) is 13.2 Å². The van der Waals surface area contributed by atoms with Crippen LogP contribution in [0, 0.1) is 0 Å². The lowest BCUT2D eigenvalue weighted by Crippen LogP contribution is -2.35. The fraction of sp³-hybridized carbons (Fsp3) is 0.294. The van der Waals surface area contributed by atoms with Gasteiger partial charge in [0.05, 0.1) is 5.56 Å². The molecule has 1 fully saturated rings. The van der Waals surface area contributed by atoms with E-state index in [-0.39, 0.29) is 11.9 Å². The molecule has 1 aliphatic rings. The predicted octanol–water partition coefficient (Wildman–Crippen LogP) is 4.08. The van der Waals surface area contributed by atoms with Gasteiger partial charge in [-0.15, -0.1) is 0 Å². The maximum atomic E-state index is 11.8. The Morgan fingerprint density at radius 1 is 1.23 bits per heavy atom. The summed E-state index contributed by atoms with van der Waals surface area (Å²) in [5.41, 5.74) is 5.24. The molecule has 26 heavy (non-hydrogen) atoms. The van der Waals surface area contributed by atoms with Crippen LogP contribution < -0.4 is 10.6 Å². The van der Waals surface area contributed by atoms with Crippen LogP contribution in [0.25, 0.3) is 0 Å². The molecule has 0 spiro atoms. The van der Waals surface area contributed by atoms with Crippen LogP contribution in [0.15, 0.2) is 42.6 Å². The van der Waals surface area contributed by atoms with Crippen LogP contribution in [-0.4, -0.2) is 28.6 Å². The van der Waals surface area contributed by atoms with Gasteiger partial charge in [-0.25, -0.2) is 9.78 Å². The van der Waals surface area contributed by atoms with Crippen LogP contribution >= 0.6 is 11.6 Å². The lowest BCUT2D eigenvalue weighted by molar-refractivity contribution is -0.139. The second kappa shape index (κ2) is 8.27. The first kappa shape index (κ1) is 19.8. The Labute approximate surface area is 153 Å². The highest BCUT2D eigenvalue weighted by atomic mass is 35.5. The zero-order valence-corrected chi connectivity index (χ0v) is 14.3. The van der Waals surface area contributed by atoms with Crippen LogP contribution in [0.4, 0.5) is 24.7 Å². The topological polar surface area (TPSA) is 79.4 Å². The van der Waals surface area contributed by atoms with Crippen molar-refractivity contribution < 1.29 is 23.1 Å². The standard InChI is InChI=1S/C11H12ClNO2.C6H5F3N2/c12-8-3-5-9(6-4-8)13-7-1-2-10(13)11(14)15;7-6(8,9)4-1-2-5(10)11-3-4/h3-6,10H,1-2,7H2,(H,14,15);1-3H,(H2,10,11)/t10-;/m0./s1. The van der Waals surface area contributed by atoms with Gasteiger partial charge in [-0.3, -0.25) is 0 Å². The summed E-state index contributed by atoms with van der Waals surface area (Å²) < 4.78 is 35.5.